The van der Waals surface area contributed by atoms with Gasteiger partial charge in [-0.05, 0) is 35.1 Å². The lowest BCUT2D eigenvalue weighted by molar-refractivity contribution is -0.139. The van der Waals surface area contributed by atoms with E-state index in [1.807, 2.05) is 48.5 Å². The summed E-state index contributed by atoms with van der Waals surface area (Å²) in [5.74, 6) is -2.04. The van der Waals surface area contributed by atoms with Gasteiger partial charge in [-0.25, -0.2) is 0 Å². The molecule has 126 valence electrons. The second kappa shape index (κ2) is 7.72. The van der Waals surface area contributed by atoms with Crippen molar-refractivity contribution < 1.29 is 19.8 Å². The van der Waals surface area contributed by atoms with Crippen molar-refractivity contribution in [1.82, 2.24) is 0 Å². The summed E-state index contributed by atoms with van der Waals surface area (Å²) < 4.78 is 0. The average Bonchev–Trinajstić information content (AvgIpc) is 2.56. The number of hydrogen-bond donors (Lipinski definition) is 4. The van der Waals surface area contributed by atoms with Gasteiger partial charge in [0.15, 0.2) is 0 Å². The van der Waals surface area contributed by atoms with Gasteiger partial charge in [0.2, 0.25) is 0 Å². The van der Waals surface area contributed by atoms with Gasteiger partial charge in [-0.2, -0.15) is 0 Å². The van der Waals surface area contributed by atoms with Crippen LogP contribution in [0.2, 0.25) is 0 Å². The minimum absolute atomic E-state index is 0.279. The molecule has 2 atom stereocenters. The van der Waals surface area contributed by atoms with Crippen LogP contribution in [0.5, 0.6) is 0 Å². The Balaban J connectivity index is 2.06. The topological polar surface area (TPSA) is 127 Å². The van der Waals surface area contributed by atoms with Gasteiger partial charge in [-0.15, -0.1) is 0 Å². The molecule has 24 heavy (non-hydrogen) atoms. The van der Waals surface area contributed by atoms with Crippen molar-refractivity contribution in [2.45, 2.75) is 24.9 Å². The Labute approximate surface area is 139 Å². The molecular weight excluding hydrogens is 308 g/mol. The zero-order chi connectivity index (χ0) is 17.7. The molecule has 0 saturated carbocycles. The Hall–Kier alpha value is -2.70. The second-order valence-electron chi connectivity index (χ2n) is 5.69. The van der Waals surface area contributed by atoms with Crippen molar-refractivity contribution in [3.63, 3.8) is 0 Å². The first-order valence-electron chi connectivity index (χ1n) is 7.52. The summed E-state index contributed by atoms with van der Waals surface area (Å²) in [6, 6.07) is 13.2. The number of benzene rings is 2. The molecule has 0 fully saturated rings. The standard InChI is InChI=1S/C18H20N2O4/c19-15(17(21)22)9-11-1-5-13(6-2-11)14-7-3-12(4-8-14)10-16(20)18(23)24/h1-8,15-16H,9-10,19-20H2,(H,21,22)(H,23,24)/t15-,16-/m1/s1. The number of carboxylic acids is 2. The highest BCUT2D eigenvalue weighted by Crippen LogP contribution is 2.21. The van der Waals surface area contributed by atoms with Crippen LogP contribution in [0.3, 0.4) is 0 Å². The Bertz CT molecular complexity index is 647. The maximum absolute atomic E-state index is 10.8. The predicted molar refractivity (Wildman–Crippen MR) is 90.5 cm³/mol. The summed E-state index contributed by atoms with van der Waals surface area (Å²) >= 11 is 0. The largest absolute Gasteiger partial charge is 0.480 e. The van der Waals surface area contributed by atoms with Crippen molar-refractivity contribution in [2.75, 3.05) is 0 Å². The average molecular weight is 328 g/mol. The lowest BCUT2D eigenvalue weighted by atomic mass is 9.98. The van der Waals surface area contributed by atoms with E-state index in [2.05, 4.69) is 0 Å². The predicted octanol–water partition coefficient (Wildman–Crippen LogP) is 1.26. The van der Waals surface area contributed by atoms with Crippen molar-refractivity contribution in [1.29, 1.82) is 0 Å². The molecule has 2 aromatic carbocycles. The smallest absolute Gasteiger partial charge is 0.320 e. The van der Waals surface area contributed by atoms with E-state index in [4.69, 9.17) is 21.7 Å². The van der Waals surface area contributed by atoms with E-state index in [-0.39, 0.29) is 12.8 Å². The molecule has 0 aliphatic rings. The maximum atomic E-state index is 10.8. The van der Waals surface area contributed by atoms with Crippen LogP contribution in [0.1, 0.15) is 11.1 Å². The molecule has 0 amide bonds. The zero-order valence-corrected chi connectivity index (χ0v) is 13.1. The summed E-state index contributed by atoms with van der Waals surface area (Å²) in [5.41, 5.74) is 14.7. The van der Waals surface area contributed by atoms with Gasteiger partial charge in [0.1, 0.15) is 12.1 Å². The molecule has 6 heteroatoms. The van der Waals surface area contributed by atoms with E-state index in [0.717, 1.165) is 22.3 Å². The van der Waals surface area contributed by atoms with Gasteiger partial charge in [0, 0.05) is 0 Å². The van der Waals surface area contributed by atoms with Crippen molar-refractivity contribution >= 4 is 11.9 Å². The SMILES string of the molecule is N[C@H](Cc1ccc(-c2ccc(C[C@@H](N)C(=O)O)cc2)cc1)C(=O)O. The molecule has 0 aliphatic heterocycles. The summed E-state index contributed by atoms with van der Waals surface area (Å²) in [5, 5.41) is 17.7. The third kappa shape index (κ3) is 4.65. The van der Waals surface area contributed by atoms with Crippen LogP contribution in [-0.4, -0.2) is 34.2 Å². The normalized spacial score (nSPS) is 13.2. The molecule has 0 spiro atoms. The molecule has 0 aliphatic carbocycles. The number of rotatable bonds is 7. The number of hydrogen-bond acceptors (Lipinski definition) is 4. The highest BCUT2D eigenvalue weighted by Gasteiger charge is 2.13. The first-order valence-corrected chi connectivity index (χ1v) is 7.52. The Morgan fingerprint density at radius 1 is 0.708 bits per heavy atom. The highest BCUT2D eigenvalue weighted by atomic mass is 16.4. The summed E-state index contributed by atoms with van der Waals surface area (Å²) in [7, 11) is 0. The molecule has 0 heterocycles. The molecule has 6 N–H and O–H groups in total. The van der Waals surface area contributed by atoms with Crippen molar-refractivity contribution in [3.05, 3.63) is 59.7 Å². The molecule has 0 bridgehead atoms. The molecule has 0 aromatic heterocycles. The van der Waals surface area contributed by atoms with E-state index in [0.29, 0.717) is 0 Å². The monoisotopic (exact) mass is 328 g/mol. The molecule has 0 saturated heterocycles. The fourth-order valence-electron chi connectivity index (χ4n) is 2.35. The van der Waals surface area contributed by atoms with Crippen LogP contribution in [0, 0.1) is 0 Å². The molecule has 6 nitrogen and oxygen atoms in total. The second-order valence-corrected chi connectivity index (χ2v) is 5.69. The Kier molecular flexibility index (Phi) is 5.68. The van der Waals surface area contributed by atoms with Crippen LogP contribution >= 0.6 is 0 Å². The fraction of sp³-hybridized carbons (Fsp3) is 0.222. The molecule has 0 unspecified atom stereocenters. The van der Waals surface area contributed by atoms with E-state index < -0.39 is 24.0 Å². The van der Waals surface area contributed by atoms with Crippen LogP contribution in [0.4, 0.5) is 0 Å². The van der Waals surface area contributed by atoms with Crippen molar-refractivity contribution in [2.24, 2.45) is 11.5 Å². The van der Waals surface area contributed by atoms with Crippen molar-refractivity contribution in [3.8, 4) is 11.1 Å². The number of carbonyl (C=O) groups is 2. The molecule has 2 rings (SSSR count). The Morgan fingerprint density at radius 2 is 1.00 bits per heavy atom. The molecule has 0 radical (unpaired) electrons. The third-order valence-corrected chi connectivity index (χ3v) is 3.79. The summed E-state index contributed by atoms with van der Waals surface area (Å²) in [4.78, 5) is 21.5. The van der Waals surface area contributed by atoms with E-state index in [1.165, 1.54) is 0 Å². The number of aliphatic carboxylic acids is 2. The third-order valence-electron chi connectivity index (χ3n) is 3.79. The van der Waals surface area contributed by atoms with Gasteiger partial charge in [0.05, 0.1) is 0 Å². The first kappa shape index (κ1) is 17.7. The van der Waals surface area contributed by atoms with Gasteiger partial charge in [-0.1, -0.05) is 48.5 Å². The van der Waals surface area contributed by atoms with Gasteiger partial charge in [-0.3, -0.25) is 9.59 Å². The minimum Gasteiger partial charge on any atom is -0.480 e. The van der Waals surface area contributed by atoms with Crippen LogP contribution in [0.15, 0.2) is 48.5 Å². The zero-order valence-electron chi connectivity index (χ0n) is 13.1. The quantitative estimate of drug-likeness (QED) is 0.606. The number of nitrogens with two attached hydrogens (primary N) is 2. The van der Waals surface area contributed by atoms with E-state index >= 15 is 0 Å². The number of carboxylic acid groups (broad SMARTS) is 2. The lowest BCUT2D eigenvalue weighted by Crippen LogP contribution is -2.32. The first-order chi connectivity index (χ1) is 11.4. The van der Waals surface area contributed by atoms with E-state index in [9.17, 15) is 9.59 Å². The van der Waals surface area contributed by atoms with Crippen LogP contribution < -0.4 is 11.5 Å². The lowest BCUT2D eigenvalue weighted by Gasteiger charge is -2.09. The summed E-state index contributed by atoms with van der Waals surface area (Å²) in [6.07, 6.45) is 0.559. The minimum atomic E-state index is -1.02. The molecular formula is C18H20N2O4. The van der Waals surface area contributed by atoms with Gasteiger partial charge < -0.3 is 21.7 Å². The van der Waals surface area contributed by atoms with E-state index in [1.54, 1.807) is 0 Å². The summed E-state index contributed by atoms with van der Waals surface area (Å²) in [6.45, 7) is 0. The maximum Gasteiger partial charge on any atom is 0.320 e. The highest BCUT2D eigenvalue weighted by molar-refractivity contribution is 5.74. The molecule has 2 aromatic rings. The Morgan fingerprint density at radius 3 is 1.25 bits per heavy atom. The fourth-order valence-corrected chi connectivity index (χ4v) is 2.35. The van der Waals surface area contributed by atoms with Crippen LogP contribution in [0.25, 0.3) is 11.1 Å². The van der Waals surface area contributed by atoms with Crippen LogP contribution in [-0.2, 0) is 22.4 Å². The van der Waals surface area contributed by atoms with Gasteiger partial charge >= 0.3 is 11.9 Å². The van der Waals surface area contributed by atoms with Gasteiger partial charge in [0.25, 0.3) is 0 Å².